The molecule has 0 spiro atoms. The Morgan fingerprint density at radius 1 is 1.00 bits per heavy atom. The number of rotatable bonds is 4. The largest absolute Gasteiger partial charge is 0.361 e. The SMILES string of the molecule is CCC(N)C(c1ccccc1)c1c[nH]c2ccccc12. The molecule has 0 radical (unpaired) electrons. The number of hydrogen-bond acceptors (Lipinski definition) is 1. The van der Waals surface area contributed by atoms with E-state index in [0.717, 1.165) is 6.42 Å². The van der Waals surface area contributed by atoms with Crippen LogP contribution in [0.2, 0.25) is 0 Å². The summed E-state index contributed by atoms with van der Waals surface area (Å²) in [7, 11) is 0. The zero-order valence-corrected chi connectivity index (χ0v) is 11.7. The molecule has 0 bridgehead atoms. The van der Waals surface area contributed by atoms with Gasteiger partial charge in [-0.3, -0.25) is 0 Å². The molecule has 2 heteroatoms. The molecule has 0 aliphatic rings. The van der Waals surface area contributed by atoms with Crippen LogP contribution in [0.15, 0.2) is 60.8 Å². The Morgan fingerprint density at radius 2 is 1.70 bits per heavy atom. The van der Waals surface area contributed by atoms with Gasteiger partial charge in [-0.15, -0.1) is 0 Å². The van der Waals surface area contributed by atoms with Gasteiger partial charge in [-0.05, 0) is 23.6 Å². The van der Waals surface area contributed by atoms with Crippen molar-refractivity contribution in [1.82, 2.24) is 4.98 Å². The van der Waals surface area contributed by atoms with E-state index in [1.54, 1.807) is 0 Å². The number of H-pyrrole nitrogens is 1. The second-order valence-electron chi connectivity index (χ2n) is 5.25. The third kappa shape index (κ3) is 2.23. The Kier molecular flexibility index (Phi) is 3.57. The van der Waals surface area contributed by atoms with Crippen molar-refractivity contribution in [3.63, 3.8) is 0 Å². The fourth-order valence-corrected chi connectivity index (χ4v) is 2.90. The number of fused-ring (bicyclic) bond motifs is 1. The summed E-state index contributed by atoms with van der Waals surface area (Å²) in [4.78, 5) is 3.36. The van der Waals surface area contributed by atoms with Crippen molar-refractivity contribution in [2.75, 3.05) is 0 Å². The minimum atomic E-state index is 0.122. The maximum atomic E-state index is 6.42. The quantitative estimate of drug-likeness (QED) is 0.733. The summed E-state index contributed by atoms with van der Waals surface area (Å²) >= 11 is 0. The standard InChI is InChI=1S/C18H20N2/c1-2-16(19)18(13-8-4-3-5-9-13)15-12-20-17-11-7-6-10-14(15)17/h3-12,16,18,20H,2,19H2,1H3. The number of benzene rings is 2. The van der Waals surface area contributed by atoms with Crippen molar-refractivity contribution in [3.8, 4) is 0 Å². The van der Waals surface area contributed by atoms with Crippen molar-refractivity contribution < 1.29 is 0 Å². The van der Waals surface area contributed by atoms with Gasteiger partial charge in [0.05, 0.1) is 0 Å². The first-order valence-corrected chi connectivity index (χ1v) is 7.17. The second-order valence-corrected chi connectivity index (χ2v) is 5.25. The van der Waals surface area contributed by atoms with Crippen LogP contribution in [-0.2, 0) is 0 Å². The van der Waals surface area contributed by atoms with E-state index >= 15 is 0 Å². The van der Waals surface area contributed by atoms with Crippen molar-refractivity contribution in [2.45, 2.75) is 25.3 Å². The lowest BCUT2D eigenvalue weighted by atomic mass is 9.84. The first-order chi connectivity index (χ1) is 9.81. The van der Waals surface area contributed by atoms with E-state index in [1.165, 1.54) is 22.0 Å². The Morgan fingerprint density at radius 3 is 2.45 bits per heavy atom. The zero-order valence-electron chi connectivity index (χ0n) is 11.7. The summed E-state index contributed by atoms with van der Waals surface area (Å²) in [6.45, 7) is 2.15. The highest BCUT2D eigenvalue weighted by molar-refractivity contribution is 5.84. The van der Waals surface area contributed by atoms with Crippen LogP contribution >= 0.6 is 0 Å². The lowest BCUT2D eigenvalue weighted by molar-refractivity contribution is 0.579. The molecule has 0 fully saturated rings. The van der Waals surface area contributed by atoms with Gasteiger partial charge >= 0.3 is 0 Å². The molecule has 0 saturated carbocycles. The summed E-state index contributed by atoms with van der Waals surface area (Å²) < 4.78 is 0. The van der Waals surface area contributed by atoms with Crippen LogP contribution < -0.4 is 5.73 Å². The van der Waals surface area contributed by atoms with E-state index in [2.05, 4.69) is 66.6 Å². The number of nitrogens with one attached hydrogen (secondary N) is 1. The molecule has 102 valence electrons. The first-order valence-electron chi connectivity index (χ1n) is 7.17. The molecule has 2 aromatic carbocycles. The molecular weight excluding hydrogens is 244 g/mol. The van der Waals surface area contributed by atoms with Gasteiger partial charge in [0, 0.05) is 29.1 Å². The smallest absolute Gasteiger partial charge is 0.0457 e. The summed E-state index contributed by atoms with van der Waals surface area (Å²) in [6.07, 6.45) is 3.07. The molecular formula is C18H20N2. The Bertz CT molecular complexity index is 685. The normalized spacial score (nSPS) is 14.3. The van der Waals surface area contributed by atoms with Crippen LogP contribution in [0.5, 0.6) is 0 Å². The van der Waals surface area contributed by atoms with E-state index < -0.39 is 0 Å². The highest BCUT2D eigenvalue weighted by atomic mass is 14.7. The summed E-state index contributed by atoms with van der Waals surface area (Å²) in [5.41, 5.74) is 10.2. The van der Waals surface area contributed by atoms with Gasteiger partial charge in [-0.25, -0.2) is 0 Å². The molecule has 2 atom stereocenters. The van der Waals surface area contributed by atoms with Crippen LogP contribution in [-0.4, -0.2) is 11.0 Å². The second kappa shape index (κ2) is 5.51. The Labute approximate surface area is 119 Å². The summed E-state index contributed by atoms with van der Waals surface area (Å²) in [5, 5.41) is 1.27. The minimum absolute atomic E-state index is 0.122. The van der Waals surface area contributed by atoms with Crippen LogP contribution in [0.4, 0.5) is 0 Å². The molecule has 1 aromatic heterocycles. The van der Waals surface area contributed by atoms with Gasteiger partial charge in [0.2, 0.25) is 0 Å². The molecule has 0 aliphatic heterocycles. The van der Waals surface area contributed by atoms with Crippen molar-refractivity contribution in [1.29, 1.82) is 0 Å². The Balaban J connectivity index is 2.15. The average molecular weight is 264 g/mol. The van der Waals surface area contributed by atoms with E-state index in [0.29, 0.717) is 0 Å². The van der Waals surface area contributed by atoms with Gasteiger partial charge in [-0.2, -0.15) is 0 Å². The van der Waals surface area contributed by atoms with Crippen molar-refractivity contribution in [3.05, 3.63) is 71.9 Å². The summed E-state index contributed by atoms with van der Waals surface area (Å²) in [6, 6.07) is 19.1. The number of para-hydroxylation sites is 1. The van der Waals surface area contributed by atoms with Crippen LogP contribution in [0.3, 0.4) is 0 Å². The number of hydrogen-bond donors (Lipinski definition) is 2. The third-order valence-electron chi connectivity index (χ3n) is 4.01. The maximum absolute atomic E-state index is 6.42. The summed E-state index contributed by atoms with van der Waals surface area (Å²) in [5.74, 6) is 0.234. The van der Waals surface area contributed by atoms with Crippen molar-refractivity contribution in [2.24, 2.45) is 5.73 Å². The van der Waals surface area contributed by atoms with Gasteiger partial charge in [0.25, 0.3) is 0 Å². The third-order valence-corrected chi connectivity index (χ3v) is 4.01. The van der Waals surface area contributed by atoms with Gasteiger partial charge in [-0.1, -0.05) is 55.5 Å². The molecule has 0 saturated heterocycles. The maximum Gasteiger partial charge on any atom is 0.0457 e. The van der Waals surface area contributed by atoms with E-state index in [9.17, 15) is 0 Å². The fourth-order valence-electron chi connectivity index (χ4n) is 2.90. The monoisotopic (exact) mass is 264 g/mol. The first kappa shape index (κ1) is 12.9. The molecule has 2 nitrogen and oxygen atoms in total. The molecule has 0 amide bonds. The highest BCUT2D eigenvalue weighted by Crippen LogP contribution is 2.33. The van der Waals surface area contributed by atoms with Gasteiger partial charge in [0.1, 0.15) is 0 Å². The molecule has 3 rings (SSSR count). The van der Waals surface area contributed by atoms with Crippen LogP contribution in [0.1, 0.15) is 30.4 Å². The number of aromatic nitrogens is 1. The van der Waals surface area contributed by atoms with Crippen molar-refractivity contribution >= 4 is 10.9 Å². The van der Waals surface area contributed by atoms with E-state index in [4.69, 9.17) is 5.73 Å². The van der Waals surface area contributed by atoms with E-state index in [1.807, 2.05) is 6.07 Å². The van der Waals surface area contributed by atoms with Gasteiger partial charge in [0.15, 0.2) is 0 Å². The van der Waals surface area contributed by atoms with Gasteiger partial charge < -0.3 is 10.7 Å². The van der Waals surface area contributed by atoms with E-state index in [-0.39, 0.29) is 12.0 Å². The molecule has 1 heterocycles. The van der Waals surface area contributed by atoms with Crippen LogP contribution in [0, 0.1) is 0 Å². The predicted octanol–water partition coefficient (Wildman–Crippen LogP) is 4.04. The lowest BCUT2D eigenvalue weighted by Gasteiger charge is -2.23. The predicted molar refractivity (Wildman–Crippen MR) is 84.9 cm³/mol. The molecule has 3 N–H and O–H groups in total. The Hall–Kier alpha value is -2.06. The fraction of sp³-hybridized carbons (Fsp3) is 0.222. The number of nitrogens with two attached hydrogens (primary N) is 1. The molecule has 3 aromatic rings. The molecule has 0 aliphatic carbocycles. The average Bonchev–Trinajstić information content (AvgIpc) is 2.92. The molecule has 20 heavy (non-hydrogen) atoms. The highest BCUT2D eigenvalue weighted by Gasteiger charge is 2.23. The van der Waals surface area contributed by atoms with Crippen LogP contribution in [0.25, 0.3) is 10.9 Å². The minimum Gasteiger partial charge on any atom is -0.361 e. The number of aromatic amines is 1. The lowest BCUT2D eigenvalue weighted by Crippen LogP contribution is -2.28. The topological polar surface area (TPSA) is 41.8 Å². The molecule has 2 unspecified atom stereocenters. The zero-order chi connectivity index (χ0) is 13.9.